The molecule has 1 heterocycles. The number of H-pyrrole nitrogens is 1. The van der Waals surface area contributed by atoms with Crippen LogP contribution in [0.1, 0.15) is 25.6 Å². The van der Waals surface area contributed by atoms with Gasteiger partial charge in [0.15, 0.2) is 5.82 Å². The van der Waals surface area contributed by atoms with Crippen molar-refractivity contribution < 1.29 is 9.53 Å². The standard InChI is InChI=1S/C15H22N6O2/c1-3-13(17-11-6-4-7-12(10-11)23-2)15(22)16-9-5-8-14-18-20-21-19-14/h4,6-7,10,13,17H,3,5,8-9H2,1-2H3,(H,16,22)(H,18,19,20,21)/t13-/m1/s1. The molecule has 1 aromatic carbocycles. The van der Waals surface area contributed by atoms with E-state index in [0.29, 0.717) is 25.2 Å². The van der Waals surface area contributed by atoms with Crippen molar-refractivity contribution in [2.24, 2.45) is 0 Å². The van der Waals surface area contributed by atoms with Gasteiger partial charge >= 0.3 is 0 Å². The number of ether oxygens (including phenoxy) is 1. The fourth-order valence-corrected chi connectivity index (χ4v) is 2.14. The van der Waals surface area contributed by atoms with Gasteiger partial charge in [-0.05, 0) is 25.0 Å². The van der Waals surface area contributed by atoms with Gasteiger partial charge in [-0.25, -0.2) is 0 Å². The molecule has 23 heavy (non-hydrogen) atoms. The lowest BCUT2D eigenvalue weighted by atomic mass is 10.2. The van der Waals surface area contributed by atoms with Crippen molar-refractivity contribution in [1.29, 1.82) is 0 Å². The average molecular weight is 318 g/mol. The number of aromatic amines is 1. The van der Waals surface area contributed by atoms with Crippen LogP contribution in [0.25, 0.3) is 0 Å². The minimum atomic E-state index is -0.285. The molecule has 0 unspecified atom stereocenters. The Bertz CT molecular complexity index is 602. The highest BCUT2D eigenvalue weighted by Crippen LogP contribution is 2.18. The van der Waals surface area contributed by atoms with E-state index < -0.39 is 0 Å². The van der Waals surface area contributed by atoms with E-state index in [1.54, 1.807) is 7.11 Å². The average Bonchev–Trinajstić information content (AvgIpc) is 3.10. The summed E-state index contributed by atoms with van der Waals surface area (Å²) in [6.45, 7) is 2.54. The quantitative estimate of drug-likeness (QED) is 0.599. The topological polar surface area (TPSA) is 105 Å². The van der Waals surface area contributed by atoms with Gasteiger partial charge in [0, 0.05) is 24.7 Å². The van der Waals surface area contributed by atoms with E-state index in [9.17, 15) is 4.79 Å². The number of carbonyl (C=O) groups is 1. The molecule has 0 radical (unpaired) electrons. The van der Waals surface area contributed by atoms with E-state index in [2.05, 4.69) is 31.3 Å². The van der Waals surface area contributed by atoms with Gasteiger partial charge in [-0.3, -0.25) is 4.79 Å². The number of nitrogens with one attached hydrogen (secondary N) is 3. The van der Waals surface area contributed by atoms with Crippen LogP contribution in [0.5, 0.6) is 5.75 Å². The van der Waals surface area contributed by atoms with E-state index >= 15 is 0 Å². The normalized spacial score (nSPS) is 11.7. The lowest BCUT2D eigenvalue weighted by Gasteiger charge is -2.18. The first-order valence-corrected chi connectivity index (χ1v) is 7.63. The molecule has 8 heteroatoms. The number of hydrogen-bond acceptors (Lipinski definition) is 6. The van der Waals surface area contributed by atoms with Crippen LogP contribution >= 0.6 is 0 Å². The summed E-state index contributed by atoms with van der Waals surface area (Å²) in [5.74, 6) is 1.38. The zero-order valence-corrected chi connectivity index (χ0v) is 13.4. The van der Waals surface area contributed by atoms with Crippen LogP contribution in [0, 0.1) is 0 Å². The molecule has 2 aromatic rings. The molecule has 0 saturated heterocycles. The number of aromatic nitrogens is 4. The first kappa shape index (κ1) is 16.7. The highest BCUT2D eigenvalue weighted by molar-refractivity contribution is 5.84. The number of amides is 1. The molecule has 0 saturated carbocycles. The van der Waals surface area contributed by atoms with Gasteiger partial charge in [-0.1, -0.05) is 18.2 Å². The zero-order chi connectivity index (χ0) is 16.5. The van der Waals surface area contributed by atoms with Gasteiger partial charge in [-0.2, -0.15) is 5.21 Å². The minimum absolute atomic E-state index is 0.0246. The van der Waals surface area contributed by atoms with E-state index in [1.165, 1.54) is 0 Å². The first-order chi connectivity index (χ1) is 11.2. The summed E-state index contributed by atoms with van der Waals surface area (Å²) in [7, 11) is 1.62. The molecule has 3 N–H and O–H groups in total. The molecule has 8 nitrogen and oxygen atoms in total. The van der Waals surface area contributed by atoms with Crippen molar-refractivity contribution in [1.82, 2.24) is 25.9 Å². The van der Waals surface area contributed by atoms with Crippen LogP contribution in [0.3, 0.4) is 0 Å². The van der Waals surface area contributed by atoms with Crippen molar-refractivity contribution >= 4 is 11.6 Å². The zero-order valence-electron chi connectivity index (χ0n) is 13.4. The van der Waals surface area contributed by atoms with Crippen molar-refractivity contribution in [3.63, 3.8) is 0 Å². The summed E-state index contributed by atoms with van der Waals surface area (Å²) in [6.07, 6.45) is 2.13. The van der Waals surface area contributed by atoms with E-state index in [-0.39, 0.29) is 11.9 Å². The Labute approximate surface area is 135 Å². The molecule has 0 spiro atoms. The monoisotopic (exact) mass is 318 g/mol. The van der Waals surface area contributed by atoms with Crippen molar-refractivity contribution in [2.45, 2.75) is 32.2 Å². The number of anilines is 1. The molecular weight excluding hydrogens is 296 g/mol. The molecule has 0 aliphatic carbocycles. The minimum Gasteiger partial charge on any atom is -0.497 e. The second kappa shape index (κ2) is 8.72. The van der Waals surface area contributed by atoms with Gasteiger partial charge in [0.2, 0.25) is 5.91 Å². The molecule has 0 bridgehead atoms. The summed E-state index contributed by atoms with van der Waals surface area (Å²) in [6, 6.07) is 7.24. The summed E-state index contributed by atoms with van der Waals surface area (Å²) in [5.41, 5.74) is 0.859. The van der Waals surface area contributed by atoms with Crippen LogP contribution in [-0.4, -0.2) is 46.2 Å². The number of aryl methyl sites for hydroxylation is 1. The number of rotatable bonds is 9. The summed E-state index contributed by atoms with van der Waals surface area (Å²) in [5, 5.41) is 19.8. The number of benzene rings is 1. The highest BCUT2D eigenvalue weighted by Gasteiger charge is 2.15. The van der Waals surface area contributed by atoms with Gasteiger partial charge in [0.25, 0.3) is 0 Å². The molecule has 1 atom stereocenters. The summed E-state index contributed by atoms with van der Waals surface area (Å²) in [4.78, 5) is 12.2. The van der Waals surface area contributed by atoms with Crippen LogP contribution in [-0.2, 0) is 11.2 Å². The fraction of sp³-hybridized carbons (Fsp3) is 0.467. The van der Waals surface area contributed by atoms with E-state index in [1.807, 2.05) is 31.2 Å². The third kappa shape index (κ3) is 5.24. The molecule has 124 valence electrons. The Kier molecular flexibility index (Phi) is 6.34. The Hall–Kier alpha value is -2.64. The smallest absolute Gasteiger partial charge is 0.242 e. The molecule has 2 rings (SSSR count). The number of tetrazole rings is 1. The van der Waals surface area contributed by atoms with Gasteiger partial charge in [-0.15, -0.1) is 10.2 Å². The van der Waals surface area contributed by atoms with Crippen molar-refractivity contribution in [2.75, 3.05) is 19.0 Å². The maximum Gasteiger partial charge on any atom is 0.242 e. The lowest BCUT2D eigenvalue weighted by molar-refractivity contribution is -0.121. The highest BCUT2D eigenvalue weighted by atomic mass is 16.5. The Balaban J connectivity index is 1.78. The molecule has 0 aliphatic heterocycles. The maximum atomic E-state index is 12.2. The second-order valence-electron chi connectivity index (χ2n) is 5.06. The van der Waals surface area contributed by atoms with Crippen LogP contribution < -0.4 is 15.4 Å². The third-order valence-corrected chi connectivity index (χ3v) is 3.40. The fourth-order valence-electron chi connectivity index (χ4n) is 2.14. The Morgan fingerprint density at radius 1 is 1.43 bits per heavy atom. The predicted octanol–water partition coefficient (Wildman–Crippen LogP) is 1.15. The number of hydrogen-bond donors (Lipinski definition) is 3. The molecular formula is C15H22N6O2. The van der Waals surface area contributed by atoms with Crippen LogP contribution in [0.2, 0.25) is 0 Å². The predicted molar refractivity (Wildman–Crippen MR) is 86.2 cm³/mol. The van der Waals surface area contributed by atoms with Gasteiger partial charge < -0.3 is 15.4 Å². The number of methoxy groups -OCH3 is 1. The van der Waals surface area contributed by atoms with Crippen molar-refractivity contribution in [3.05, 3.63) is 30.1 Å². The van der Waals surface area contributed by atoms with Crippen LogP contribution in [0.15, 0.2) is 24.3 Å². The van der Waals surface area contributed by atoms with Gasteiger partial charge in [0.1, 0.15) is 11.8 Å². The second-order valence-corrected chi connectivity index (χ2v) is 5.06. The van der Waals surface area contributed by atoms with Gasteiger partial charge in [0.05, 0.1) is 7.11 Å². The Morgan fingerprint density at radius 2 is 2.30 bits per heavy atom. The molecule has 0 fully saturated rings. The Morgan fingerprint density at radius 3 is 3.00 bits per heavy atom. The molecule has 1 aromatic heterocycles. The summed E-state index contributed by atoms with van der Waals surface area (Å²) < 4.78 is 5.19. The maximum absolute atomic E-state index is 12.2. The largest absolute Gasteiger partial charge is 0.497 e. The summed E-state index contributed by atoms with van der Waals surface area (Å²) >= 11 is 0. The lowest BCUT2D eigenvalue weighted by Crippen LogP contribution is -2.39. The number of nitrogens with zero attached hydrogens (tertiary/aromatic N) is 3. The SMILES string of the molecule is CC[C@@H](Nc1cccc(OC)c1)C(=O)NCCCc1nn[nH]n1. The molecule has 0 aliphatic rings. The number of carbonyl (C=O) groups excluding carboxylic acids is 1. The van der Waals surface area contributed by atoms with Crippen molar-refractivity contribution in [3.8, 4) is 5.75 Å². The van der Waals surface area contributed by atoms with Crippen LogP contribution in [0.4, 0.5) is 5.69 Å². The molecule has 1 amide bonds. The first-order valence-electron chi connectivity index (χ1n) is 7.63. The van der Waals surface area contributed by atoms with E-state index in [0.717, 1.165) is 17.9 Å². The third-order valence-electron chi connectivity index (χ3n) is 3.40. The van der Waals surface area contributed by atoms with E-state index in [4.69, 9.17) is 4.74 Å².